The molecule has 18 heavy (non-hydrogen) atoms. The zero-order valence-corrected chi connectivity index (χ0v) is 12.9. The minimum atomic E-state index is -0.489. The van der Waals surface area contributed by atoms with Gasteiger partial charge in [-0.25, -0.2) is 9.37 Å². The van der Waals surface area contributed by atoms with Gasteiger partial charge < -0.3 is 10.6 Å². The molecule has 1 fully saturated rings. The molecule has 0 aromatic carbocycles. The lowest BCUT2D eigenvalue weighted by atomic mass is 10.3. The lowest BCUT2D eigenvalue weighted by Gasteiger charge is -2.15. The Balaban J connectivity index is 2.39. The second-order valence-corrected chi connectivity index (χ2v) is 5.58. The van der Waals surface area contributed by atoms with Crippen molar-refractivity contribution >= 4 is 49.1 Å². The first-order valence-electron chi connectivity index (χ1n) is 5.63. The number of hydrogen-bond acceptors (Lipinski definition) is 3. The average molecular weight is 381 g/mol. The predicted molar refractivity (Wildman–Crippen MR) is 75.2 cm³/mol. The highest BCUT2D eigenvalue weighted by molar-refractivity contribution is 9.11. The molecule has 2 rings (SSSR count). The summed E-state index contributed by atoms with van der Waals surface area (Å²) >= 11 is 6.29. The fourth-order valence-corrected chi connectivity index (χ4v) is 2.50. The molecule has 1 aromatic heterocycles. The van der Waals surface area contributed by atoms with Gasteiger partial charge in [-0.3, -0.25) is 4.79 Å². The van der Waals surface area contributed by atoms with Crippen molar-refractivity contribution < 1.29 is 9.18 Å². The van der Waals surface area contributed by atoms with E-state index in [9.17, 15) is 9.18 Å². The van der Waals surface area contributed by atoms with Crippen LogP contribution in [0.1, 0.15) is 26.2 Å². The molecule has 4 nitrogen and oxygen atoms in total. The Morgan fingerprint density at radius 2 is 2.06 bits per heavy atom. The standard InChI is InChI=1S/C11H12Br2FN3O/c1-2-6(18)16-9-8(15-5-3-4-5)7(14)10(12)17-11(9)13/h5H,2-4H2,1H3,(H,15,17)(H,16,18). The van der Waals surface area contributed by atoms with Crippen LogP contribution in [0.2, 0.25) is 0 Å². The second-order valence-electron chi connectivity index (χ2n) is 4.08. The summed E-state index contributed by atoms with van der Waals surface area (Å²) in [5.74, 6) is -0.672. The summed E-state index contributed by atoms with van der Waals surface area (Å²) in [6.45, 7) is 1.74. The first-order valence-corrected chi connectivity index (χ1v) is 7.22. The molecular formula is C11H12Br2FN3O. The largest absolute Gasteiger partial charge is 0.378 e. The van der Waals surface area contributed by atoms with Gasteiger partial charge in [-0.2, -0.15) is 0 Å². The molecule has 7 heteroatoms. The van der Waals surface area contributed by atoms with Crippen LogP contribution in [0, 0.1) is 5.82 Å². The smallest absolute Gasteiger partial charge is 0.224 e. The zero-order valence-electron chi connectivity index (χ0n) is 9.69. The normalized spacial score (nSPS) is 14.4. The number of amides is 1. The van der Waals surface area contributed by atoms with Crippen LogP contribution in [0.25, 0.3) is 0 Å². The van der Waals surface area contributed by atoms with E-state index in [1.165, 1.54) is 0 Å². The molecule has 1 saturated carbocycles. The van der Waals surface area contributed by atoms with Gasteiger partial charge in [-0.05, 0) is 44.7 Å². The number of anilines is 2. The fourth-order valence-electron chi connectivity index (χ4n) is 1.42. The second kappa shape index (κ2) is 5.52. The van der Waals surface area contributed by atoms with Crippen LogP contribution in [-0.2, 0) is 4.79 Å². The minimum Gasteiger partial charge on any atom is -0.378 e. The molecule has 0 bridgehead atoms. The molecule has 2 N–H and O–H groups in total. The highest BCUT2D eigenvalue weighted by atomic mass is 79.9. The molecule has 1 heterocycles. The van der Waals surface area contributed by atoms with Crippen molar-refractivity contribution in [1.29, 1.82) is 0 Å². The molecule has 0 unspecified atom stereocenters. The molecule has 1 aromatic rings. The molecule has 98 valence electrons. The number of carbonyl (C=O) groups excluding carboxylic acids is 1. The first kappa shape index (κ1) is 13.7. The Kier molecular flexibility index (Phi) is 4.21. The van der Waals surface area contributed by atoms with Gasteiger partial charge in [0.05, 0.1) is 0 Å². The molecule has 0 radical (unpaired) electrons. The lowest BCUT2D eigenvalue weighted by molar-refractivity contribution is -0.115. The summed E-state index contributed by atoms with van der Waals surface area (Å²) in [6, 6.07) is 0.276. The highest BCUT2D eigenvalue weighted by Gasteiger charge is 2.26. The van der Waals surface area contributed by atoms with Crippen LogP contribution in [-0.4, -0.2) is 16.9 Å². The monoisotopic (exact) mass is 379 g/mol. The Hall–Kier alpha value is -0.690. The SMILES string of the molecule is CCC(=O)Nc1c(Br)nc(Br)c(F)c1NC1CC1. The van der Waals surface area contributed by atoms with Crippen molar-refractivity contribution in [2.45, 2.75) is 32.2 Å². The fraction of sp³-hybridized carbons (Fsp3) is 0.455. The number of rotatable bonds is 4. The number of halogens is 3. The Bertz CT molecular complexity index is 492. The van der Waals surface area contributed by atoms with Gasteiger partial charge in [-0.1, -0.05) is 6.92 Å². The lowest BCUT2D eigenvalue weighted by Crippen LogP contribution is -2.15. The maximum absolute atomic E-state index is 14.0. The summed E-state index contributed by atoms with van der Waals surface area (Å²) in [5, 5.41) is 5.73. The van der Waals surface area contributed by atoms with Gasteiger partial charge in [0.25, 0.3) is 0 Å². The third kappa shape index (κ3) is 3.00. The van der Waals surface area contributed by atoms with Gasteiger partial charge in [0.1, 0.15) is 20.6 Å². The van der Waals surface area contributed by atoms with E-state index in [2.05, 4.69) is 47.5 Å². The van der Waals surface area contributed by atoms with Crippen LogP contribution in [0.4, 0.5) is 15.8 Å². The van der Waals surface area contributed by atoms with Gasteiger partial charge in [0.15, 0.2) is 5.82 Å². The van der Waals surface area contributed by atoms with E-state index in [4.69, 9.17) is 0 Å². The molecule has 0 spiro atoms. The van der Waals surface area contributed by atoms with E-state index >= 15 is 0 Å². The predicted octanol–water partition coefficient (Wildman–Crippen LogP) is 3.67. The Morgan fingerprint density at radius 3 is 2.61 bits per heavy atom. The van der Waals surface area contributed by atoms with Gasteiger partial charge in [-0.15, -0.1) is 0 Å². The third-order valence-electron chi connectivity index (χ3n) is 2.56. The number of aromatic nitrogens is 1. The van der Waals surface area contributed by atoms with Crippen LogP contribution >= 0.6 is 31.9 Å². The first-order chi connectivity index (χ1) is 8.52. The number of nitrogens with one attached hydrogen (secondary N) is 2. The topological polar surface area (TPSA) is 54.0 Å². The molecule has 1 aliphatic carbocycles. The highest BCUT2D eigenvalue weighted by Crippen LogP contribution is 2.38. The molecular weight excluding hydrogens is 369 g/mol. The molecule has 0 atom stereocenters. The van der Waals surface area contributed by atoms with Gasteiger partial charge in [0.2, 0.25) is 5.91 Å². The van der Waals surface area contributed by atoms with E-state index in [0.717, 1.165) is 12.8 Å². The third-order valence-corrected chi connectivity index (χ3v) is 3.66. The maximum atomic E-state index is 14.0. The van der Waals surface area contributed by atoms with Crippen molar-refractivity contribution in [3.63, 3.8) is 0 Å². The van der Waals surface area contributed by atoms with Crippen LogP contribution < -0.4 is 10.6 Å². The summed E-state index contributed by atoms with van der Waals surface area (Å²) in [5.41, 5.74) is 0.641. The minimum absolute atomic E-state index is 0.118. The van der Waals surface area contributed by atoms with Crippen molar-refractivity contribution in [3.8, 4) is 0 Å². The van der Waals surface area contributed by atoms with Crippen molar-refractivity contribution in [1.82, 2.24) is 4.98 Å². The van der Waals surface area contributed by atoms with Crippen molar-refractivity contribution in [2.75, 3.05) is 10.6 Å². The summed E-state index contributed by atoms with van der Waals surface area (Å²) in [7, 11) is 0. The van der Waals surface area contributed by atoms with E-state index in [-0.39, 0.29) is 22.2 Å². The summed E-state index contributed by atoms with van der Waals surface area (Å²) in [4.78, 5) is 15.4. The molecule has 0 aliphatic heterocycles. The molecule has 1 aliphatic rings. The van der Waals surface area contributed by atoms with E-state index in [1.807, 2.05) is 0 Å². The van der Waals surface area contributed by atoms with Crippen LogP contribution in [0.5, 0.6) is 0 Å². The summed E-state index contributed by atoms with van der Waals surface area (Å²) in [6.07, 6.45) is 2.35. The number of hydrogen-bond donors (Lipinski definition) is 2. The van der Waals surface area contributed by atoms with E-state index in [0.29, 0.717) is 16.7 Å². The van der Waals surface area contributed by atoms with Crippen molar-refractivity contribution in [2.24, 2.45) is 0 Å². The number of carbonyl (C=O) groups is 1. The zero-order chi connectivity index (χ0) is 13.3. The molecule has 1 amide bonds. The summed E-state index contributed by atoms with van der Waals surface area (Å²) < 4.78 is 14.6. The van der Waals surface area contributed by atoms with Gasteiger partial charge >= 0.3 is 0 Å². The quantitative estimate of drug-likeness (QED) is 0.783. The number of nitrogens with zero attached hydrogens (tertiary/aromatic N) is 1. The average Bonchev–Trinajstić information content (AvgIpc) is 3.14. The van der Waals surface area contributed by atoms with Crippen LogP contribution in [0.15, 0.2) is 9.21 Å². The Labute approximate surface area is 121 Å². The van der Waals surface area contributed by atoms with Gasteiger partial charge in [0, 0.05) is 12.5 Å². The van der Waals surface area contributed by atoms with E-state index in [1.54, 1.807) is 6.92 Å². The Morgan fingerprint density at radius 1 is 1.39 bits per heavy atom. The molecule has 0 saturated heterocycles. The van der Waals surface area contributed by atoms with E-state index < -0.39 is 5.82 Å². The number of pyridine rings is 1. The van der Waals surface area contributed by atoms with Crippen LogP contribution in [0.3, 0.4) is 0 Å². The van der Waals surface area contributed by atoms with Crippen molar-refractivity contribution in [3.05, 3.63) is 15.0 Å². The maximum Gasteiger partial charge on any atom is 0.224 e.